The average molecular weight is 634 g/mol. The second-order valence-corrected chi connectivity index (χ2v) is 11.9. The van der Waals surface area contributed by atoms with E-state index in [2.05, 4.69) is 142 Å². The maximum atomic E-state index is 8.18. The molecule has 0 saturated carbocycles. The Morgan fingerprint density at radius 2 is 1.31 bits per heavy atom. The lowest BCUT2D eigenvalue weighted by Gasteiger charge is -2.31. The monoisotopic (exact) mass is 633 g/mol. The molecule has 234 valence electrons. The highest BCUT2D eigenvalue weighted by atomic mass is 15.1. The first-order chi connectivity index (χ1) is 24.1. The molecule has 0 amide bonds. The van der Waals surface area contributed by atoms with E-state index in [9.17, 15) is 0 Å². The van der Waals surface area contributed by atoms with Gasteiger partial charge in [0, 0.05) is 18.6 Å². The average Bonchev–Trinajstić information content (AvgIpc) is 3.62. The Bertz CT molecular complexity index is 2340. The van der Waals surface area contributed by atoms with Gasteiger partial charge in [0.25, 0.3) is 0 Å². The van der Waals surface area contributed by atoms with Gasteiger partial charge in [-0.05, 0) is 73.3 Å². The molecule has 1 unspecified atom stereocenters. The van der Waals surface area contributed by atoms with Crippen molar-refractivity contribution in [3.05, 3.63) is 180 Å². The normalized spacial score (nSPS) is 15.9. The van der Waals surface area contributed by atoms with E-state index in [-0.39, 0.29) is 17.5 Å². The molecule has 1 aromatic heterocycles. The summed E-state index contributed by atoms with van der Waals surface area (Å²) in [6, 6.07) is 43.4. The smallest absolute Gasteiger partial charge is 0.197 e. The van der Waals surface area contributed by atoms with Crippen LogP contribution in [0.2, 0.25) is 0 Å². The summed E-state index contributed by atoms with van der Waals surface area (Å²) in [7, 11) is 0. The zero-order valence-corrected chi connectivity index (χ0v) is 26.6. The van der Waals surface area contributed by atoms with Gasteiger partial charge in [-0.15, -0.1) is 0 Å². The lowest BCUT2D eigenvalue weighted by molar-refractivity contribution is 0.791. The van der Waals surface area contributed by atoms with Crippen LogP contribution in [0, 0.1) is 5.41 Å². The van der Waals surface area contributed by atoms with E-state index in [0.29, 0.717) is 12.4 Å². The van der Waals surface area contributed by atoms with Gasteiger partial charge >= 0.3 is 0 Å². The Labute approximate surface area is 284 Å². The maximum Gasteiger partial charge on any atom is 0.197 e. The molecule has 1 atom stereocenters. The third-order valence-corrected chi connectivity index (χ3v) is 9.22. The van der Waals surface area contributed by atoms with Gasteiger partial charge in [-0.3, -0.25) is 10.4 Å². The number of hydrogen-bond donors (Lipinski definition) is 2. The third kappa shape index (κ3) is 4.91. The minimum absolute atomic E-state index is 0.0963. The molecule has 0 bridgehead atoms. The van der Waals surface area contributed by atoms with Gasteiger partial charge in [-0.25, -0.2) is 20.0 Å². The predicted octanol–water partition coefficient (Wildman–Crippen LogP) is 8.03. The van der Waals surface area contributed by atoms with Crippen molar-refractivity contribution < 1.29 is 0 Å². The van der Waals surface area contributed by atoms with E-state index in [1.807, 2.05) is 0 Å². The van der Waals surface area contributed by atoms with Crippen molar-refractivity contribution in [3.8, 4) is 33.4 Å². The first kappa shape index (κ1) is 29.8. The number of nitrogens with two attached hydrogens (primary N) is 1. The first-order valence-corrected chi connectivity index (χ1v) is 16.0. The second kappa shape index (κ2) is 12.2. The maximum absolute atomic E-state index is 8.18. The molecule has 0 radical (unpaired) electrons. The number of hydrogen-bond acceptors (Lipinski definition) is 4. The summed E-state index contributed by atoms with van der Waals surface area (Å²) < 4.78 is 0. The molecule has 2 aliphatic carbocycles. The summed E-state index contributed by atoms with van der Waals surface area (Å²) >= 11 is 0. The van der Waals surface area contributed by atoms with Gasteiger partial charge in [0.15, 0.2) is 23.3 Å². The van der Waals surface area contributed by atoms with Crippen LogP contribution < -0.4 is 5.73 Å². The van der Waals surface area contributed by atoms with Crippen molar-refractivity contribution >= 4 is 23.7 Å². The molecule has 1 heterocycles. The van der Waals surface area contributed by atoms with Crippen LogP contribution in [0.1, 0.15) is 33.6 Å². The van der Waals surface area contributed by atoms with Crippen LogP contribution in [0.5, 0.6) is 0 Å². The lowest BCUT2D eigenvalue weighted by Crippen LogP contribution is -2.26. The largest absolute Gasteiger partial charge is 0.381 e. The van der Waals surface area contributed by atoms with Gasteiger partial charge < -0.3 is 5.73 Å². The summed E-state index contributed by atoms with van der Waals surface area (Å²) in [5.74, 6) is 0.234. The number of rotatable bonds is 5. The molecule has 0 saturated heterocycles. The van der Waals surface area contributed by atoms with Crippen LogP contribution in [-0.2, 0) is 12.0 Å². The Hall–Kier alpha value is -6.60. The van der Waals surface area contributed by atoms with Gasteiger partial charge in [0.1, 0.15) is 0 Å². The Morgan fingerprint density at radius 3 is 2.00 bits per heavy atom. The molecule has 0 aliphatic heterocycles. The lowest BCUT2D eigenvalue weighted by atomic mass is 9.70. The molecule has 5 aromatic carbocycles. The van der Waals surface area contributed by atoms with Crippen LogP contribution in [-0.4, -0.2) is 33.7 Å². The molecule has 3 N–H and O–H groups in total. The van der Waals surface area contributed by atoms with Crippen molar-refractivity contribution in [2.75, 3.05) is 0 Å². The van der Waals surface area contributed by atoms with Gasteiger partial charge in [-0.1, -0.05) is 122 Å². The van der Waals surface area contributed by atoms with Crippen molar-refractivity contribution in [2.24, 2.45) is 20.7 Å². The summed E-state index contributed by atoms with van der Waals surface area (Å²) in [6.07, 6.45) is 6.11. The number of aliphatic imine (C=N–C) groups is 3. The summed E-state index contributed by atoms with van der Waals surface area (Å²) in [4.78, 5) is 22.0. The van der Waals surface area contributed by atoms with Crippen molar-refractivity contribution in [3.63, 3.8) is 0 Å². The Morgan fingerprint density at radius 1 is 0.694 bits per heavy atom. The molecule has 7 nitrogen and oxygen atoms in total. The minimum atomic E-state index is -0.505. The molecule has 49 heavy (non-hydrogen) atoms. The first-order valence-electron chi connectivity index (χ1n) is 16.0. The van der Waals surface area contributed by atoms with Gasteiger partial charge in [0.05, 0.1) is 12.0 Å². The fourth-order valence-corrected chi connectivity index (χ4v) is 7.19. The van der Waals surface area contributed by atoms with Crippen LogP contribution in [0.25, 0.3) is 33.4 Å². The van der Waals surface area contributed by atoms with E-state index in [0.717, 1.165) is 5.56 Å². The van der Waals surface area contributed by atoms with Crippen molar-refractivity contribution in [1.82, 2.24) is 9.97 Å². The molecule has 0 fully saturated rings. The summed E-state index contributed by atoms with van der Waals surface area (Å²) in [5.41, 5.74) is 19.0. The quantitative estimate of drug-likeness (QED) is 0.148. The molecular weight excluding hydrogens is 603 g/mol. The van der Waals surface area contributed by atoms with Crippen LogP contribution in [0.3, 0.4) is 0 Å². The number of aromatic nitrogens is 2. The molecular formula is C42H31N7. The summed E-state index contributed by atoms with van der Waals surface area (Å²) in [5, 5.41) is 8.18. The number of amidine groups is 3. The number of nitrogens with zero attached hydrogens (tertiary/aromatic N) is 5. The minimum Gasteiger partial charge on any atom is -0.381 e. The second-order valence-electron chi connectivity index (χ2n) is 11.9. The van der Waals surface area contributed by atoms with E-state index < -0.39 is 5.41 Å². The fraction of sp³-hybridized carbons (Fsp3) is 0.0476. The Kier molecular flexibility index (Phi) is 7.42. The van der Waals surface area contributed by atoms with E-state index in [1.54, 1.807) is 18.5 Å². The topological polar surface area (TPSA) is 113 Å². The SMILES string of the molecule is C=C/C=N\C(=N)/C(N)=N/C(=N\Cc1ccc2c(c1)C1(c3ccccc3-2)c2ccccc2-c2ccc(-c3ccccc3)cc21)c1ncccn1. The highest BCUT2D eigenvalue weighted by molar-refractivity contribution is 6.42. The standard InChI is InChI=1S/C42H31N7/c1-2-21-45-38(43)39(44)49-41(40-46-22-10-23-47-40)48-26-27-17-19-32-30-13-6-8-15-34(30)42(36(32)24-27)35-16-9-7-14-31(35)33-20-18-29(25-37(33)42)28-11-4-3-5-12-28/h2-25,43H,1,26H2,(H2,44,48,49)/b43-38?,45-21-. The number of fused-ring (bicyclic) bond motifs is 10. The van der Waals surface area contributed by atoms with Crippen molar-refractivity contribution in [2.45, 2.75) is 12.0 Å². The number of nitrogens with one attached hydrogen (secondary N) is 1. The predicted molar refractivity (Wildman–Crippen MR) is 198 cm³/mol. The number of allylic oxidation sites excluding steroid dienone is 1. The number of benzene rings is 5. The molecule has 2 aliphatic rings. The highest BCUT2D eigenvalue weighted by Crippen LogP contribution is 2.63. The zero-order valence-electron chi connectivity index (χ0n) is 26.6. The third-order valence-electron chi connectivity index (χ3n) is 9.22. The van der Waals surface area contributed by atoms with Gasteiger partial charge in [0.2, 0.25) is 0 Å². The van der Waals surface area contributed by atoms with Crippen LogP contribution in [0.4, 0.5) is 0 Å². The fourth-order valence-electron chi connectivity index (χ4n) is 7.19. The van der Waals surface area contributed by atoms with Crippen LogP contribution in [0.15, 0.2) is 161 Å². The van der Waals surface area contributed by atoms with Crippen LogP contribution >= 0.6 is 0 Å². The van der Waals surface area contributed by atoms with E-state index in [4.69, 9.17) is 16.1 Å². The molecule has 1 spiro atoms. The zero-order chi connectivity index (χ0) is 33.4. The van der Waals surface area contributed by atoms with E-state index >= 15 is 0 Å². The van der Waals surface area contributed by atoms with Crippen molar-refractivity contribution in [1.29, 1.82) is 5.41 Å². The Balaban J connectivity index is 1.30. The molecule has 7 heteroatoms. The molecule has 6 aromatic rings. The summed E-state index contributed by atoms with van der Waals surface area (Å²) in [6.45, 7) is 3.90. The van der Waals surface area contributed by atoms with Gasteiger partial charge in [-0.2, -0.15) is 0 Å². The highest BCUT2D eigenvalue weighted by Gasteiger charge is 2.51. The molecule has 8 rings (SSSR count). The van der Waals surface area contributed by atoms with E-state index in [1.165, 1.54) is 67.9 Å².